The summed E-state index contributed by atoms with van der Waals surface area (Å²) in [5, 5.41) is 0. The van der Waals surface area contributed by atoms with E-state index in [1.807, 2.05) is 26.0 Å². The highest BCUT2D eigenvalue weighted by Gasteiger charge is 2.18. The number of sulfonamides is 1. The van der Waals surface area contributed by atoms with Gasteiger partial charge in [0, 0.05) is 26.2 Å². The second-order valence-electron chi connectivity index (χ2n) is 7.59. The summed E-state index contributed by atoms with van der Waals surface area (Å²) in [6.07, 6.45) is 0. The minimum Gasteiger partial charge on any atom is -0.496 e. The number of hydrogen-bond donors (Lipinski definition) is 1. The van der Waals surface area contributed by atoms with Crippen molar-refractivity contribution < 1.29 is 17.9 Å². The quantitative estimate of drug-likeness (QED) is 0.713. The van der Waals surface area contributed by atoms with Gasteiger partial charge in [0.25, 0.3) is 0 Å². The molecule has 0 aromatic heterocycles. The Bertz CT molecular complexity index is 905. The predicted octanol–water partition coefficient (Wildman–Crippen LogP) is 3.13. The maximum absolute atomic E-state index is 12.7. The Morgan fingerprint density at radius 3 is 2.34 bits per heavy atom. The van der Waals surface area contributed by atoms with Crippen LogP contribution >= 0.6 is 0 Å². The fourth-order valence-corrected chi connectivity index (χ4v) is 4.43. The Labute approximate surface area is 173 Å². The number of ether oxygens (including phenoxy) is 2. The van der Waals surface area contributed by atoms with Gasteiger partial charge in [0.2, 0.25) is 10.0 Å². The smallest absolute Gasteiger partial charge is 0.240 e. The van der Waals surface area contributed by atoms with Gasteiger partial charge in [-0.05, 0) is 40.8 Å². The highest BCUT2D eigenvalue weighted by Crippen LogP contribution is 2.28. The van der Waals surface area contributed by atoms with Gasteiger partial charge in [0.1, 0.15) is 5.75 Å². The first-order valence-corrected chi connectivity index (χ1v) is 11.4. The minimum absolute atomic E-state index is 0.166. The lowest BCUT2D eigenvalue weighted by atomic mass is 10.0. The van der Waals surface area contributed by atoms with Gasteiger partial charge in [-0.25, -0.2) is 13.1 Å². The van der Waals surface area contributed by atoms with Crippen molar-refractivity contribution in [3.63, 3.8) is 0 Å². The third-order valence-corrected chi connectivity index (χ3v) is 6.53. The second kappa shape index (κ2) is 9.71. The molecule has 0 bridgehead atoms. The molecule has 7 heteroatoms. The molecule has 1 aliphatic rings. The summed E-state index contributed by atoms with van der Waals surface area (Å²) in [6, 6.07) is 13.1. The Morgan fingerprint density at radius 2 is 1.72 bits per heavy atom. The average Bonchev–Trinajstić information content (AvgIpc) is 2.73. The molecule has 3 rings (SSSR count). The van der Waals surface area contributed by atoms with Crippen molar-refractivity contribution >= 4 is 10.0 Å². The fourth-order valence-electron chi connectivity index (χ4n) is 3.37. The van der Waals surface area contributed by atoms with Gasteiger partial charge in [0.15, 0.2) is 0 Å². The van der Waals surface area contributed by atoms with Crippen molar-refractivity contribution in [2.24, 2.45) is 0 Å². The lowest BCUT2D eigenvalue weighted by molar-refractivity contribution is 0.0342. The number of methoxy groups -OCH3 is 1. The predicted molar refractivity (Wildman–Crippen MR) is 114 cm³/mol. The Kier molecular flexibility index (Phi) is 7.29. The van der Waals surface area contributed by atoms with E-state index in [-0.39, 0.29) is 17.4 Å². The molecule has 1 aliphatic heterocycles. The molecule has 0 amide bonds. The van der Waals surface area contributed by atoms with Crippen molar-refractivity contribution in [2.75, 3.05) is 33.4 Å². The summed E-state index contributed by atoms with van der Waals surface area (Å²) in [5.74, 6) is 0.869. The number of rotatable bonds is 8. The molecule has 0 atom stereocenters. The van der Waals surface area contributed by atoms with E-state index in [4.69, 9.17) is 9.47 Å². The molecule has 158 valence electrons. The monoisotopic (exact) mass is 418 g/mol. The maximum Gasteiger partial charge on any atom is 0.240 e. The van der Waals surface area contributed by atoms with Gasteiger partial charge in [0.05, 0.1) is 25.2 Å². The van der Waals surface area contributed by atoms with Crippen molar-refractivity contribution in [1.29, 1.82) is 0 Å². The van der Waals surface area contributed by atoms with Crippen LogP contribution in [0.25, 0.3) is 0 Å². The molecule has 0 spiro atoms. The Balaban J connectivity index is 1.63. The molecule has 0 aliphatic carbocycles. The normalized spacial score (nSPS) is 15.6. The third kappa shape index (κ3) is 5.79. The van der Waals surface area contributed by atoms with Crippen LogP contribution in [-0.2, 0) is 27.8 Å². The van der Waals surface area contributed by atoms with Crippen molar-refractivity contribution in [3.05, 3.63) is 59.2 Å². The summed E-state index contributed by atoms with van der Waals surface area (Å²) in [7, 11) is -2.01. The van der Waals surface area contributed by atoms with Crippen LogP contribution in [0, 0.1) is 0 Å². The molecular weight excluding hydrogens is 388 g/mol. The maximum atomic E-state index is 12.7. The number of nitrogens with one attached hydrogen (secondary N) is 1. The highest BCUT2D eigenvalue weighted by molar-refractivity contribution is 7.89. The van der Waals surface area contributed by atoms with Crippen LogP contribution < -0.4 is 9.46 Å². The van der Waals surface area contributed by atoms with Crippen LogP contribution in [0.5, 0.6) is 5.75 Å². The van der Waals surface area contributed by atoms with Gasteiger partial charge in [-0.2, -0.15) is 0 Å². The third-order valence-electron chi connectivity index (χ3n) is 5.13. The van der Waals surface area contributed by atoms with Crippen LogP contribution in [0.15, 0.2) is 47.4 Å². The zero-order valence-electron chi connectivity index (χ0n) is 17.3. The molecule has 1 fully saturated rings. The van der Waals surface area contributed by atoms with E-state index in [2.05, 4.69) is 21.8 Å². The number of nitrogens with zero attached hydrogens (tertiary/aromatic N) is 1. The van der Waals surface area contributed by atoms with E-state index >= 15 is 0 Å². The largest absolute Gasteiger partial charge is 0.496 e. The lowest BCUT2D eigenvalue weighted by Gasteiger charge is -2.26. The van der Waals surface area contributed by atoms with Gasteiger partial charge < -0.3 is 9.47 Å². The molecule has 1 heterocycles. The van der Waals surface area contributed by atoms with Gasteiger partial charge in [-0.3, -0.25) is 4.90 Å². The van der Waals surface area contributed by atoms with E-state index in [0.717, 1.165) is 44.0 Å². The van der Waals surface area contributed by atoms with Crippen LogP contribution in [0.4, 0.5) is 0 Å². The van der Waals surface area contributed by atoms with Crippen molar-refractivity contribution in [3.8, 4) is 5.75 Å². The second-order valence-corrected chi connectivity index (χ2v) is 9.35. The summed E-state index contributed by atoms with van der Waals surface area (Å²) >= 11 is 0. The SMILES string of the molecule is COc1ccc(S(=O)(=O)NCc2ccc(CN3CCOCC3)cc2)cc1C(C)C. The molecule has 6 nitrogen and oxygen atoms in total. The molecule has 1 saturated heterocycles. The molecule has 2 aromatic carbocycles. The highest BCUT2D eigenvalue weighted by atomic mass is 32.2. The van der Waals surface area contributed by atoms with Crippen molar-refractivity contribution in [1.82, 2.24) is 9.62 Å². The molecule has 0 radical (unpaired) electrons. The molecule has 29 heavy (non-hydrogen) atoms. The Hall–Kier alpha value is -1.93. The number of hydrogen-bond acceptors (Lipinski definition) is 5. The van der Waals surface area contributed by atoms with Gasteiger partial charge >= 0.3 is 0 Å². The van der Waals surface area contributed by atoms with E-state index < -0.39 is 10.0 Å². The standard InChI is InChI=1S/C22H30N2O4S/c1-17(2)21-14-20(8-9-22(21)27-3)29(25,26)23-15-18-4-6-19(7-5-18)16-24-10-12-28-13-11-24/h4-9,14,17,23H,10-13,15-16H2,1-3H3. The van der Waals surface area contributed by atoms with Crippen LogP contribution in [0.1, 0.15) is 36.5 Å². The molecule has 2 aromatic rings. The summed E-state index contributed by atoms with van der Waals surface area (Å²) < 4.78 is 38.9. The first-order chi connectivity index (χ1) is 13.9. The first-order valence-electron chi connectivity index (χ1n) is 9.94. The van der Waals surface area contributed by atoms with Crippen LogP contribution in [-0.4, -0.2) is 46.7 Å². The number of morpholine rings is 1. The van der Waals surface area contributed by atoms with Crippen LogP contribution in [0.3, 0.4) is 0 Å². The topological polar surface area (TPSA) is 67.9 Å². The van der Waals surface area contributed by atoms with E-state index in [9.17, 15) is 8.42 Å². The lowest BCUT2D eigenvalue weighted by Crippen LogP contribution is -2.35. The van der Waals surface area contributed by atoms with E-state index in [1.165, 1.54) is 5.56 Å². The van der Waals surface area contributed by atoms with Gasteiger partial charge in [-0.1, -0.05) is 38.1 Å². The molecule has 0 saturated carbocycles. The summed E-state index contributed by atoms with van der Waals surface area (Å²) in [4.78, 5) is 2.61. The Morgan fingerprint density at radius 1 is 1.07 bits per heavy atom. The zero-order chi connectivity index (χ0) is 20.9. The summed E-state index contributed by atoms with van der Waals surface area (Å²) in [6.45, 7) is 8.62. The van der Waals surface area contributed by atoms with E-state index in [1.54, 1.807) is 25.3 Å². The minimum atomic E-state index is -3.60. The fraction of sp³-hybridized carbons (Fsp3) is 0.455. The van der Waals surface area contributed by atoms with Gasteiger partial charge in [-0.15, -0.1) is 0 Å². The summed E-state index contributed by atoms with van der Waals surface area (Å²) in [5.41, 5.74) is 3.02. The number of benzene rings is 2. The zero-order valence-corrected chi connectivity index (χ0v) is 18.2. The first kappa shape index (κ1) is 21.8. The molecule has 0 unspecified atom stereocenters. The molecular formula is C22H30N2O4S. The molecule has 1 N–H and O–H groups in total. The van der Waals surface area contributed by atoms with Crippen molar-refractivity contribution in [2.45, 2.75) is 37.8 Å². The van der Waals surface area contributed by atoms with E-state index in [0.29, 0.717) is 5.75 Å². The van der Waals surface area contributed by atoms with Crippen LogP contribution in [0.2, 0.25) is 0 Å². The average molecular weight is 419 g/mol.